The van der Waals surface area contributed by atoms with Gasteiger partial charge in [0.15, 0.2) is 0 Å². The zero-order chi connectivity index (χ0) is 11.3. The Morgan fingerprint density at radius 1 is 1.53 bits per heavy atom. The number of phenols is 1. The first-order valence-electron chi connectivity index (χ1n) is 4.84. The summed E-state index contributed by atoms with van der Waals surface area (Å²) in [5.74, 6) is -0.00152. The van der Waals surface area contributed by atoms with Crippen molar-refractivity contribution in [3.05, 3.63) is 23.8 Å². The van der Waals surface area contributed by atoms with Crippen molar-refractivity contribution >= 4 is 5.91 Å². The first-order valence-corrected chi connectivity index (χ1v) is 4.84. The lowest BCUT2D eigenvalue weighted by atomic mass is 10.1. The van der Waals surface area contributed by atoms with Gasteiger partial charge in [-0.2, -0.15) is 0 Å². The van der Waals surface area contributed by atoms with E-state index in [9.17, 15) is 9.90 Å². The van der Waals surface area contributed by atoms with Crippen molar-refractivity contribution in [1.82, 2.24) is 5.32 Å². The highest BCUT2D eigenvalue weighted by Crippen LogP contribution is 2.26. The average Bonchev–Trinajstić information content (AvgIpc) is 2.25. The highest BCUT2D eigenvalue weighted by molar-refractivity contribution is 5.99. The van der Waals surface area contributed by atoms with Crippen molar-refractivity contribution in [1.29, 1.82) is 0 Å². The summed E-state index contributed by atoms with van der Waals surface area (Å²) in [6, 6.07) is 4.73. The van der Waals surface area contributed by atoms with Gasteiger partial charge in [0, 0.05) is 6.54 Å². The first-order chi connectivity index (χ1) is 7.20. The largest absolute Gasteiger partial charge is 0.507 e. The standard InChI is InChI=1S/C11H15NO3/c1-3-7-12-11(14)10-8(13)5-4-6-9(10)15-2/h4-6,13H,3,7H2,1-2H3,(H,12,14). The van der Waals surface area contributed by atoms with E-state index in [0.29, 0.717) is 12.3 Å². The number of nitrogens with one attached hydrogen (secondary N) is 1. The van der Waals surface area contributed by atoms with Crippen LogP contribution in [0.15, 0.2) is 18.2 Å². The molecule has 0 fully saturated rings. The second kappa shape index (κ2) is 5.24. The molecule has 0 saturated carbocycles. The molecule has 0 bridgehead atoms. The summed E-state index contributed by atoms with van der Waals surface area (Å²) in [5, 5.41) is 12.2. The molecule has 82 valence electrons. The lowest BCUT2D eigenvalue weighted by Crippen LogP contribution is -2.24. The lowest BCUT2D eigenvalue weighted by Gasteiger charge is -2.09. The topological polar surface area (TPSA) is 58.6 Å². The van der Waals surface area contributed by atoms with E-state index in [0.717, 1.165) is 6.42 Å². The minimum Gasteiger partial charge on any atom is -0.507 e. The van der Waals surface area contributed by atoms with Crippen LogP contribution in [-0.2, 0) is 0 Å². The number of carbonyl (C=O) groups excluding carboxylic acids is 1. The predicted molar refractivity (Wildman–Crippen MR) is 57.3 cm³/mol. The van der Waals surface area contributed by atoms with Crippen LogP contribution in [0.4, 0.5) is 0 Å². The summed E-state index contributed by atoms with van der Waals surface area (Å²) >= 11 is 0. The molecule has 0 spiro atoms. The number of hydrogen-bond acceptors (Lipinski definition) is 3. The molecule has 0 aliphatic heterocycles. The molecule has 0 atom stereocenters. The third-order valence-electron chi connectivity index (χ3n) is 1.99. The molecule has 0 aliphatic carbocycles. The van der Waals surface area contributed by atoms with Crippen LogP contribution in [0.3, 0.4) is 0 Å². The van der Waals surface area contributed by atoms with Gasteiger partial charge in [0.25, 0.3) is 5.91 Å². The molecule has 1 aromatic carbocycles. The van der Waals surface area contributed by atoms with Crippen molar-refractivity contribution in [2.24, 2.45) is 0 Å². The van der Waals surface area contributed by atoms with Gasteiger partial charge in [-0.15, -0.1) is 0 Å². The highest BCUT2D eigenvalue weighted by Gasteiger charge is 2.15. The molecule has 4 heteroatoms. The minimum absolute atomic E-state index is 0.0667. The summed E-state index contributed by atoms with van der Waals surface area (Å²) in [4.78, 5) is 11.7. The fraction of sp³-hybridized carbons (Fsp3) is 0.364. The summed E-state index contributed by atoms with van der Waals surface area (Å²) in [5.41, 5.74) is 0.188. The van der Waals surface area contributed by atoms with Crippen LogP contribution in [0, 0.1) is 0 Å². The fourth-order valence-corrected chi connectivity index (χ4v) is 1.24. The van der Waals surface area contributed by atoms with Crippen LogP contribution in [0.5, 0.6) is 11.5 Å². The molecule has 1 aromatic rings. The molecule has 0 heterocycles. The highest BCUT2D eigenvalue weighted by atomic mass is 16.5. The van der Waals surface area contributed by atoms with Crippen molar-refractivity contribution in [3.63, 3.8) is 0 Å². The molecular weight excluding hydrogens is 194 g/mol. The Hall–Kier alpha value is -1.71. The number of ether oxygens (including phenoxy) is 1. The van der Waals surface area contributed by atoms with Gasteiger partial charge in [-0.05, 0) is 18.6 Å². The maximum absolute atomic E-state index is 11.7. The predicted octanol–water partition coefficient (Wildman–Crippen LogP) is 1.54. The van der Waals surface area contributed by atoms with Crippen molar-refractivity contribution in [2.45, 2.75) is 13.3 Å². The third-order valence-corrected chi connectivity index (χ3v) is 1.99. The molecule has 0 unspecified atom stereocenters. The molecule has 1 amide bonds. The maximum atomic E-state index is 11.7. The number of carbonyl (C=O) groups is 1. The molecule has 0 saturated heterocycles. The van der Waals surface area contributed by atoms with Gasteiger partial charge in [0.1, 0.15) is 17.1 Å². The Morgan fingerprint density at radius 2 is 2.27 bits per heavy atom. The summed E-state index contributed by atoms with van der Waals surface area (Å²) in [6.45, 7) is 2.54. The first kappa shape index (κ1) is 11.4. The van der Waals surface area contributed by atoms with E-state index < -0.39 is 0 Å². The number of rotatable bonds is 4. The number of aromatic hydroxyl groups is 1. The average molecular weight is 209 g/mol. The van der Waals surface area contributed by atoms with E-state index >= 15 is 0 Å². The van der Waals surface area contributed by atoms with E-state index in [4.69, 9.17) is 4.74 Å². The van der Waals surface area contributed by atoms with Crippen molar-refractivity contribution in [2.75, 3.05) is 13.7 Å². The van der Waals surface area contributed by atoms with Crippen molar-refractivity contribution < 1.29 is 14.6 Å². The monoisotopic (exact) mass is 209 g/mol. The van der Waals surface area contributed by atoms with Gasteiger partial charge in [-0.1, -0.05) is 13.0 Å². The van der Waals surface area contributed by atoms with E-state index in [-0.39, 0.29) is 17.2 Å². The van der Waals surface area contributed by atoms with Gasteiger partial charge in [-0.25, -0.2) is 0 Å². The van der Waals surface area contributed by atoms with E-state index in [1.165, 1.54) is 13.2 Å². The molecule has 15 heavy (non-hydrogen) atoms. The molecule has 0 aliphatic rings. The second-order valence-electron chi connectivity index (χ2n) is 3.11. The molecule has 1 rings (SSSR count). The molecule has 4 nitrogen and oxygen atoms in total. The smallest absolute Gasteiger partial charge is 0.258 e. The second-order valence-corrected chi connectivity index (χ2v) is 3.11. The van der Waals surface area contributed by atoms with E-state index in [1.807, 2.05) is 6.92 Å². The molecule has 0 aromatic heterocycles. The Bertz CT molecular complexity index is 350. The lowest BCUT2D eigenvalue weighted by molar-refractivity contribution is 0.0948. The maximum Gasteiger partial charge on any atom is 0.258 e. The van der Waals surface area contributed by atoms with Crippen LogP contribution in [0.25, 0.3) is 0 Å². The Balaban J connectivity index is 2.95. The normalized spacial score (nSPS) is 9.73. The van der Waals surface area contributed by atoms with Gasteiger partial charge < -0.3 is 15.2 Å². The zero-order valence-electron chi connectivity index (χ0n) is 8.91. The Kier molecular flexibility index (Phi) is 3.97. The van der Waals surface area contributed by atoms with Gasteiger partial charge in [0.2, 0.25) is 0 Å². The number of amides is 1. The van der Waals surface area contributed by atoms with Crippen LogP contribution in [0.1, 0.15) is 23.7 Å². The molecule has 2 N–H and O–H groups in total. The van der Waals surface area contributed by atoms with E-state index in [1.54, 1.807) is 12.1 Å². The van der Waals surface area contributed by atoms with E-state index in [2.05, 4.69) is 5.32 Å². The number of hydrogen-bond donors (Lipinski definition) is 2. The SMILES string of the molecule is CCCNC(=O)c1c(O)cccc1OC. The Labute approximate surface area is 88.9 Å². The quantitative estimate of drug-likeness (QED) is 0.790. The summed E-state index contributed by atoms with van der Waals surface area (Å²) in [7, 11) is 1.46. The number of methoxy groups -OCH3 is 1. The van der Waals surface area contributed by atoms with Crippen LogP contribution in [0.2, 0.25) is 0 Å². The third kappa shape index (κ3) is 2.62. The Morgan fingerprint density at radius 3 is 2.87 bits per heavy atom. The summed E-state index contributed by atoms with van der Waals surface area (Å²) in [6.07, 6.45) is 0.849. The van der Waals surface area contributed by atoms with Gasteiger partial charge >= 0.3 is 0 Å². The minimum atomic E-state index is -0.313. The number of phenolic OH excluding ortho intramolecular Hbond substituents is 1. The fourth-order valence-electron chi connectivity index (χ4n) is 1.24. The molecule has 0 radical (unpaired) electrons. The molecular formula is C11H15NO3. The summed E-state index contributed by atoms with van der Waals surface area (Å²) < 4.78 is 5.01. The zero-order valence-corrected chi connectivity index (χ0v) is 8.91. The van der Waals surface area contributed by atoms with Gasteiger partial charge in [0.05, 0.1) is 7.11 Å². The van der Waals surface area contributed by atoms with Crippen LogP contribution in [-0.4, -0.2) is 24.7 Å². The number of benzene rings is 1. The van der Waals surface area contributed by atoms with Gasteiger partial charge in [-0.3, -0.25) is 4.79 Å². The van der Waals surface area contributed by atoms with Crippen LogP contribution >= 0.6 is 0 Å². The van der Waals surface area contributed by atoms with Crippen LogP contribution < -0.4 is 10.1 Å². The van der Waals surface area contributed by atoms with Crippen molar-refractivity contribution in [3.8, 4) is 11.5 Å².